The third-order valence-corrected chi connectivity index (χ3v) is 7.14. The van der Waals surface area contributed by atoms with Crippen molar-refractivity contribution in [2.45, 2.75) is 29.8 Å². The predicted molar refractivity (Wildman–Crippen MR) is 132 cm³/mol. The van der Waals surface area contributed by atoms with E-state index in [1.54, 1.807) is 29.8 Å². The fourth-order valence-corrected chi connectivity index (χ4v) is 5.35. The number of aromatic nitrogens is 4. The van der Waals surface area contributed by atoms with E-state index in [1.165, 1.54) is 24.2 Å². The van der Waals surface area contributed by atoms with Crippen molar-refractivity contribution < 1.29 is 14.8 Å². The molecule has 2 aromatic heterocycles. The minimum absolute atomic E-state index is 0.0332. The second kappa shape index (κ2) is 8.95. The Kier molecular flexibility index (Phi) is 5.81. The summed E-state index contributed by atoms with van der Waals surface area (Å²) in [4.78, 5) is 29.0. The van der Waals surface area contributed by atoms with Crippen LogP contribution in [0.1, 0.15) is 40.5 Å². The van der Waals surface area contributed by atoms with E-state index in [1.807, 2.05) is 24.3 Å². The zero-order valence-electron chi connectivity index (χ0n) is 19.0. The fourth-order valence-electron chi connectivity index (χ4n) is 4.50. The number of allylic oxidation sites excluding steroid dienone is 1. The molecule has 2 heterocycles. The number of aromatic carboxylic acids is 1. The molecule has 0 fully saturated rings. The molecule has 0 saturated carbocycles. The van der Waals surface area contributed by atoms with Crippen LogP contribution in [0.25, 0.3) is 22.6 Å². The number of hydrogen-bond donors (Lipinski definition) is 1. The van der Waals surface area contributed by atoms with Crippen LogP contribution in [0.15, 0.2) is 58.8 Å². The number of rotatable bonds is 5. The maximum atomic E-state index is 12.2. The van der Waals surface area contributed by atoms with Gasteiger partial charge < -0.3 is 9.67 Å². The second-order valence-electron chi connectivity index (χ2n) is 8.63. The average Bonchev–Trinajstić information content (AvgIpc) is 3.22. The second-order valence-corrected chi connectivity index (χ2v) is 9.64. The van der Waals surface area contributed by atoms with E-state index in [2.05, 4.69) is 17.1 Å². The number of fused-ring (bicyclic) bond motifs is 2. The fraction of sp³-hybridized carbons (Fsp3) is 0.200. The van der Waals surface area contributed by atoms with Crippen LogP contribution in [0.5, 0.6) is 0 Å². The van der Waals surface area contributed by atoms with Crippen LogP contribution < -0.4 is 0 Å². The molecule has 9 nitrogen and oxygen atoms in total. The van der Waals surface area contributed by atoms with E-state index >= 15 is 0 Å². The molecule has 1 aliphatic carbocycles. The molecule has 2 aromatic carbocycles. The number of nitrogens with zero attached hydrogens (tertiary/aromatic N) is 5. The molecule has 5 rings (SSSR count). The average molecular weight is 488 g/mol. The van der Waals surface area contributed by atoms with Crippen LogP contribution in [0.4, 0.5) is 5.69 Å². The Labute approximate surface area is 204 Å². The van der Waals surface area contributed by atoms with Gasteiger partial charge in [0.05, 0.1) is 26.6 Å². The monoisotopic (exact) mass is 487 g/mol. The van der Waals surface area contributed by atoms with E-state index in [0.29, 0.717) is 50.6 Å². The molecular weight excluding hydrogens is 466 g/mol. The van der Waals surface area contributed by atoms with Crippen molar-refractivity contribution in [2.24, 2.45) is 13.0 Å². The molecule has 1 unspecified atom stereocenters. The molecule has 10 heteroatoms. The molecule has 0 bridgehead atoms. The van der Waals surface area contributed by atoms with Gasteiger partial charge in [-0.3, -0.25) is 10.1 Å². The minimum Gasteiger partial charge on any atom is -0.478 e. The Morgan fingerprint density at radius 1 is 1.26 bits per heavy atom. The van der Waals surface area contributed by atoms with Gasteiger partial charge in [-0.1, -0.05) is 31.2 Å². The molecular formula is C25H21N5O4S. The topological polar surface area (TPSA) is 124 Å². The van der Waals surface area contributed by atoms with Crippen molar-refractivity contribution in [3.05, 3.63) is 81.3 Å². The lowest BCUT2D eigenvalue weighted by Gasteiger charge is -2.26. The van der Waals surface area contributed by atoms with Gasteiger partial charge in [0, 0.05) is 18.5 Å². The predicted octanol–water partition coefficient (Wildman–Crippen LogP) is 5.24. The number of carbonyl (C=O) groups is 1. The molecule has 1 atom stereocenters. The number of benzene rings is 2. The number of para-hydroxylation sites is 1. The van der Waals surface area contributed by atoms with E-state index in [0.717, 1.165) is 5.57 Å². The highest BCUT2D eigenvalue weighted by Crippen LogP contribution is 2.40. The molecule has 0 saturated heterocycles. The number of nitro groups is 1. The smallest absolute Gasteiger partial charge is 0.336 e. The lowest BCUT2D eigenvalue weighted by atomic mass is 9.80. The zero-order valence-corrected chi connectivity index (χ0v) is 19.8. The van der Waals surface area contributed by atoms with Crippen LogP contribution in [0, 0.1) is 16.0 Å². The summed E-state index contributed by atoms with van der Waals surface area (Å²) in [5.74, 6) is -0.773. The lowest BCUT2D eigenvalue weighted by Crippen LogP contribution is -2.17. The van der Waals surface area contributed by atoms with Crippen LogP contribution in [-0.4, -0.2) is 35.7 Å². The SMILES string of the molecule is CC1CC(=Cc2ccc(Sc3nncn3C)c([N+](=O)[O-])c2)c2nc3ccccc3c(C(=O)O)c2C1. The van der Waals surface area contributed by atoms with Crippen molar-refractivity contribution in [3.63, 3.8) is 0 Å². The van der Waals surface area contributed by atoms with Gasteiger partial charge in [-0.2, -0.15) is 0 Å². The van der Waals surface area contributed by atoms with Gasteiger partial charge in [0.25, 0.3) is 5.69 Å². The summed E-state index contributed by atoms with van der Waals surface area (Å²) in [6.45, 7) is 2.07. The molecule has 1 aliphatic rings. The number of hydrogen-bond acceptors (Lipinski definition) is 7. The standard InChI is InChI=1S/C25H21N5O4S/c1-14-9-16(23-18(10-14)22(24(31)32)17-5-3-4-6-19(17)27-23)11-15-7-8-21(20(12-15)30(33)34)35-25-28-26-13-29(25)2/h3-8,11-14H,9-10H2,1-2H3,(H,31,32). The molecule has 0 aliphatic heterocycles. The summed E-state index contributed by atoms with van der Waals surface area (Å²) < 4.78 is 1.70. The Hall–Kier alpha value is -4.05. The molecule has 176 valence electrons. The maximum absolute atomic E-state index is 12.2. The normalized spacial score (nSPS) is 16.4. The van der Waals surface area contributed by atoms with Crippen LogP contribution in [0.2, 0.25) is 0 Å². The van der Waals surface area contributed by atoms with Gasteiger partial charge in [0.15, 0.2) is 5.16 Å². The summed E-state index contributed by atoms with van der Waals surface area (Å²) in [5, 5.41) is 30.8. The molecule has 4 aromatic rings. The number of carboxylic acid groups (broad SMARTS) is 1. The number of carboxylic acids is 1. The Morgan fingerprint density at radius 3 is 2.77 bits per heavy atom. The largest absolute Gasteiger partial charge is 0.478 e. The van der Waals surface area contributed by atoms with E-state index in [9.17, 15) is 20.0 Å². The summed E-state index contributed by atoms with van der Waals surface area (Å²) in [7, 11) is 1.77. The van der Waals surface area contributed by atoms with E-state index in [-0.39, 0.29) is 17.2 Å². The Morgan fingerprint density at radius 2 is 2.06 bits per heavy atom. The highest BCUT2D eigenvalue weighted by atomic mass is 32.2. The zero-order chi connectivity index (χ0) is 24.7. The highest BCUT2D eigenvalue weighted by molar-refractivity contribution is 7.99. The number of aryl methyl sites for hydroxylation is 1. The molecule has 35 heavy (non-hydrogen) atoms. The molecule has 0 amide bonds. The lowest BCUT2D eigenvalue weighted by molar-refractivity contribution is -0.387. The van der Waals surface area contributed by atoms with Crippen LogP contribution in [-0.2, 0) is 13.5 Å². The van der Waals surface area contributed by atoms with Gasteiger partial charge in [-0.05, 0) is 65.4 Å². The molecule has 1 N–H and O–H groups in total. The first kappa shape index (κ1) is 22.7. The van der Waals surface area contributed by atoms with E-state index < -0.39 is 10.9 Å². The summed E-state index contributed by atoms with van der Waals surface area (Å²) in [6, 6.07) is 12.3. The summed E-state index contributed by atoms with van der Waals surface area (Å²) in [5.41, 5.74) is 3.75. The van der Waals surface area contributed by atoms with Gasteiger partial charge in [-0.15, -0.1) is 10.2 Å². The Bertz CT molecular complexity index is 1530. The highest BCUT2D eigenvalue weighted by Gasteiger charge is 2.28. The third-order valence-electron chi connectivity index (χ3n) is 6.02. The number of pyridine rings is 1. The Balaban J connectivity index is 1.63. The first-order valence-electron chi connectivity index (χ1n) is 11.0. The summed E-state index contributed by atoms with van der Waals surface area (Å²) in [6.07, 6.45) is 4.72. The first-order chi connectivity index (χ1) is 16.8. The van der Waals surface area contributed by atoms with Gasteiger partial charge in [-0.25, -0.2) is 9.78 Å². The minimum atomic E-state index is -0.978. The van der Waals surface area contributed by atoms with Gasteiger partial charge in [0.2, 0.25) is 0 Å². The maximum Gasteiger partial charge on any atom is 0.336 e. The molecule has 0 radical (unpaired) electrons. The number of nitro benzene ring substituents is 1. The molecule has 0 spiro atoms. The third kappa shape index (κ3) is 4.28. The van der Waals surface area contributed by atoms with Crippen LogP contribution in [0.3, 0.4) is 0 Å². The van der Waals surface area contributed by atoms with Crippen molar-refractivity contribution >= 4 is 46.0 Å². The van der Waals surface area contributed by atoms with Crippen molar-refractivity contribution in [2.75, 3.05) is 0 Å². The van der Waals surface area contributed by atoms with Crippen molar-refractivity contribution in [1.29, 1.82) is 0 Å². The first-order valence-corrected chi connectivity index (χ1v) is 11.8. The van der Waals surface area contributed by atoms with Crippen molar-refractivity contribution in [3.8, 4) is 0 Å². The quantitative estimate of drug-likeness (QED) is 0.299. The van der Waals surface area contributed by atoms with Crippen LogP contribution >= 0.6 is 11.8 Å². The van der Waals surface area contributed by atoms with E-state index in [4.69, 9.17) is 4.98 Å². The summed E-state index contributed by atoms with van der Waals surface area (Å²) >= 11 is 1.18. The van der Waals surface area contributed by atoms with Gasteiger partial charge >= 0.3 is 5.97 Å². The van der Waals surface area contributed by atoms with Crippen molar-refractivity contribution in [1.82, 2.24) is 19.7 Å². The van der Waals surface area contributed by atoms with Gasteiger partial charge in [0.1, 0.15) is 6.33 Å².